The maximum atomic E-state index is 12.7. The van der Waals surface area contributed by atoms with Crippen molar-refractivity contribution in [3.05, 3.63) is 23.3 Å². The Morgan fingerprint density at radius 3 is 2.67 bits per heavy atom. The molecule has 0 bridgehead atoms. The summed E-state index contributed by atoms with van der Waals surface area (Å²) in [7, 11) is 0. The highest BCUT2D eigenvalue weighted by Crippen LogP contribution is 2.27. The number of halogens is 3. The van der Waals surface area contributed by atoms with Crippen molar-refractivity contribution in [3.63, 3.8) is 0 Å². The van der Waals surface area contributed by atoms with Crippen molar-refractivity contribution in [1.29, 1.82) is 0 Å². The third-order valence-corrected chi connectivity index (χ3v) is 3.06. The first-order chi connectivity index (χ1) is 11.1. The van der Waals surface area contributed by atoms with E-state index in [-0.39, 0.29) is 37.6 Å². The number of alkyl halides is 3. The van der Waals surface area contributed by atoms with Gasteiger partial charge in [0.1, 0.15) is 24.6 Å². The second-order valence-corrected chi connectivity index (χ2v) is 5.12. The highest BCUT2D eigenvalue weighted by molar-refractivity contribution is 6.03. The lowest BCUT2D eigenvalue weighted by atomic mass is 10.3. The number of aromatic nitrogens is 2. The second kappa shape index (κ2) is 6.81. The van der Waals surface area contributed by atoms with Gasteiger partial charge in [-0.2, -0.15) is 13.2 Å². The van der Waals surface area contributed by atoms with E-state index in [4.69, 9.17) is 0 Å². The minimum Gasteiger partial charge on any atom is -0.354 e. The molecule has 2 heterocycles. The fourth-order valence-electron chi connectivity index (χ4n) is 2.04. The largest absolute Gasteiger partial charge is 0.433 e. The van der Waals surface area contributed by atoms with E-state index in [0.29, 0.717) is 0 Å². The smallest absolute Gasteiger partial charge is 0.354 e. The van der Waals surface area contributed by atoms with E-state index in [9.17, 15) is 27.6 Å². The lowest BCUT2D eigenvalue weighted by Crippen LogP contribution is -2.39. The summed E-state index contributed by atoms with van der Waals surface area (Å²) >= 11 is 0. The highest BCUT2D eigenvalue weighted by atomic mass is 19.4. The number of carbonyl (C=O) groups is 3. The zero-order valence-corrected chi connectivity index (χ0v) is 12.6. The molecular formula is C13H14F3N5O3. The van der Waals surface area contributed by atoms with Gasteiger partial charge >= 0.3 is 12.2 Å². The molecule has 1 aliphatic rings. The van der Waals surface area contributed by atoms with Gasteiger partial charge in [0.2, 0.25) is 11.8 Å². The maximum Gasteiger partial charge on any atom is 0.433 e. The van der Waals surface area contributed by atoms with Crippen molar-refractivity contribution in [2.75, 3.05) is 19.6 Å². The summed E-state index contributed by atoms with van der Waals surface area (Å²) in [5, 5.41) is 4.46. The number of aryl methyl sites for hydroxylation is 1. The zero-order valence-electron chi connectivity index (χ0n) is 12.6. The average molecular weight is 345 g/mol. The molecule has 130 valence electrons. The van der Waals surface area contributed by atoms with Crippen LogP contribution in [-0.2, 0) is 22.2 Å². The van der Waals surface area contributed by atoms with E-state index in [1.807, 2.05) is 5.32 Å². The number of nitrogens with zero attached hydrogens (tertiary/aromatic N) is 3. The second-order valence-electron chi connectivity index (χ2n) is 5.12. The molecule has 0 radical (unpaired) electrons. The molecule has 2 N–H and O–H groups in total. The molecule has 24 heavy (non-hydrogen) atoms. The predicted molar refractivity (Wildman–Crippen MR) is 73.6 cm³/mol. The van der Waals surface area contributed by atoms with E-state index in [1.54, 1.807) is 0 Å². The summed E-state index contributed by atoms with van der Waals surface area (Å²) in [6.45, 7) is 0.896. The molecule has 4 amide bonds. The first kappa shape index (κ1) is 17.6. The molecule has 1 fully saturated rings. The number of hydrogen-bond donors (Lipinski definition) is 2. The van der Waals surface area contributed by atoms with Crippen LogP contribution in [0.25, 0.3) is 0 Å². The highest BCUT2D eigenvalue weighted by Gasteiger charge is 2.33. The Labute approximate surface area is 134 Å². The molecule has 2 rings (SSSR count). The lowest BCUT2D eigenvalue weighted by Gasteiger charge is -2.13. The first-order valence-electron chi connectivity index (χ1n) is 6.92. The molecule has 0 spiro atoms. The van der Waals surface area contributed by atoms with Gasteiger partial charge in [-0.05, 0) is 13.0 Å². The van der Waals surface area contributed by atoms with Gasteiger partial charge in [0.05, 0.1) is 0 Å². The lowest BCUT2D eigenvalue weighted by molar-refractivity contribution is -0.141. The molecule has 8 nitrogen and oxygen atoms in total. The zero-order chi connectivity index (χ0) is 17.9. The number of imide groups is 1. The van der Waals surface area contributed by atoms with Gasteiger partial charge in [0, 0.05) is 18.7 Å². The van der Waals surface area contributed by atoms with Gasteiger partial charge in [0.15, 0.2) is 0 Å². The summed E-state index contributed by atoms with van der Waals surface area (Å²) in [6, 6.07) is 0.178. The van der Waals surface area contributed by atoms with Gasteiger partial charge in [-0.15, -0.1) is 0 Å². The number of urea groups is 1. The van der Waals surface area contributed by atoms with Crippen LogP contribution < -0.4 is 10.6 Å². The monoisotopic (exact) mass is 345 g/mol. The van der Waals surface area contributed by atoms with E-state index < -0.39 is 29.7 Å². The quantitative estimate of drug-likeness (QED) is 0.732. The van der Waals surface area contributed by atoms with E-state index >= 15 is 0 Å². The van der Waals surface area contributed by atoms with E-state index in [2.05, 4.69) is 15.3 Å². The topological polar surface area (TPSA) is 104 Å². The van der Waals surface area contributed by atoms with Crippen molar-refractivity contribution in [3.8, 4) is 0 Å². The third-order valence-electron chi connectivity index (χ3n) is 3.06. The molecular weight excluding hydrogens is 331 g/mol. The SMILES string of the molecule is Cc1cc(C(F)(F)F)nc(CCNC(=O)CN2CC(=O)NC2=O)n1. The number of rotatable bonds is 5. The Hall–Kier alpha value is -2.72. The van der Waals surface area contributed by atoms with Crippen LogP contribution in [0.1, 0.15) is 17.2 Å². The van der Waals surface area contributed by atoms with Crippen LogP contribution in [-0.4, -0.2) is 52.3 Å². The van der Waals surface area contributed by atoms with Crippen LogP contribution >= 0.6 is 0 Å². The summed E-state index contributed by atoms with van der Waals surface area (Å²) in [6.07, 6.45) is -4.57. The molecule has 1 saturated heterocycles. The number of nitrogens with one attached hydrogen (secondary N) is 2. The Kier molecular flexibility index (Phi) is 5.00. The Balaban J connectivity index is 1.86. The van der Waals surface area contributed by atoms with Crippen molar-refractivity contribution in [1.82, 2.24) is 25.5 Å². The van der Waals surface area contributed by atoms with Crippen molar-refractivity contribution in [2.45, 2.75) is 19.5 Å². The van der Waals surface area contributed by atoms with Gasteiger partial charge in [0.25, 0.3) is 0 Å². The molecule has 0 saturated carbocycles. The van der Waals surface area contributed by atoms with Gasteiger partial charge in [-0.3, -0.25) is 14.9 Å². The normalized spacial score (nSPS) is 14.8. The van der Waals surface area contributed by atoms with Crippen molar-refractivity contribution in [2.24, 2.45) is 0 Å². The molecule has 0 atom stereocenters. The molecule has 1 aromatic rings. The van der Waals surface area contributed by atoms with E-state index in [0.717, 1.165) is 11.0 Å². The summed E-state index contributed by atoms with van der Waals surface area (Å²) in [5.41, 5.74) is -0.866. The van der Waals surface area contributed by atoms with Crippen molar-refractivity contribution >= 4 is 17.8 Å². The third kappa shape index (κ3) is 4.64. The average Bonchev–Trinajstić information content (AvgIpc) is 2.75. The van der Waals surface area contributed by atoms with Gasteiger partial charge < -0.3 is 10.2 Å². The molecule has 1 aliphatic heterocycles. The molecule has 0 aromatic carbocycles. The Morgan fingerprint density at radius 1 is 1.38 bits per heavy atom. The van der Waals surface area contributed by atoms with Crippen LogP contribution in [0.4, 0.5) is 18.0 Å². The van der Waals surface area contributed by atoms with Crippen LogP contribution in [0.15, 0.2) is 6.07 Å². The van der Waals surface area contributed by atoms with E-state index in [1.165, 1.54) is 6.92 Å². The van der Waals surface area contributed by atoms with Crippen LogP contribution in [0.5, 0.6) is 0 Å². The number of hydrogen-bond acceptors (Lipinski definition) is 5. The Morgan fingerprint density at radius 2 is 2.08 bits per heavy atom. The fourth-order valence-corrected chi connectivity index (χ4v) is 2.04. The first-order valence-corrected chi connectivity index (χ1v) is 6.92. The summed E-state index contributed by atoms with van der Waals surface area (Å²) < 4.78 is 38.0. The predicted octanol–water partition coefficient (Wildman–Crippen LogP) is 0.0143. The molecule has 0 unspecified atom stereocenters. The summed E-state index contributed by atoms with van der Waals surface area (Å²) in [4.78, 5) is 42.2. The standard InChI is InChI=1S/C13H14F3N5O3/c1-7-4-8(13(14,15)16)19-9(18-7)2-3-17-10(22)5-21-6-11(23)20-12(21)24/h4H,2-3,5-6H2,1H3,(H,17,22)(H,20,23,24). The van der Waals surface area contributed by atoms with Gasteiger partial charge in [-0.1, -0.05) is 0 Å². The minimum atomic E-state index is -4.57. The van der Waals surface area contributed by atoms with Crippen LogP contribution in [0, 0.1) is 6.92 Å². The summed E-state index contributed by atoms with van der Waals surface area (Å²) in [5.74, 6) is -1.08. The fraction of sp³-hybridized carbons (Fsp3) is 0.462. The van der Waals surface area contributed by atoms with Gasteiger partial charge in [-0.25, -0.2) is 14.8 Å². The van der Waals surface area contributed by atoms with Crippen LogP contribution in [0.3, 0.4) is 0 Å². The minimum absolute atomic E-state index is 0.00161. The van der Waals surface area contributed by atoms with Crippen LogP contribution in [0.2, 0.25) is 0 Å². The number of amides is 4. The maximum absolute atomic E-state index is 12.7. The number of carbonyl (C=O) groups excluding carboxylic acids is 3. The molecule has 0 aliphatic carbocycles. The molecule has 1 aromatic heterocycles. The molecule has 11 heteroatoms. The van der Waals surface area contributed by atoms with Crippen molar-refractivity contribution < 1.29 is 27.6 Å². The Bertz CT molecular complexity index is 677.